The van der Waals surface area contributed by atoms with Crippen LogP contribution in [0, 0.1) is 0 Å². The summed E-state index contributed by atoms with van der Waals surface area (Å²) in [6, 6.07) is 0. The first-order valence-corrected chi connectivity index (χ1v) is 5.26. The summed E-state index contributed by atoms with van der Waals surface area (Å²) < 4.78 is 40.2. The number of nitrogens with one attached hydrogen (secondary N) is 1. The zero-order valence-electron chi connectivity index (χ0n) is 9.73. The minimum Gasteiger partial charge on any atom is -0.389 e. The molecule has 0 heterocycles. The van der Waals surface area contributed by atoms with E-state index < -0.39 is 18.2 Å². The Morgan fingerprint density at radius 1 is 1.25 bits per heavy atom. The van der Waals surface area contributed by atoms with Crippen molar-refractivity contribution < 1.29 is 23.0 Å². The van der Waals surface area contributed by atoms with Crippen molar-refractivity contribution in [1.82, 2.24) is 5.32 Å². The van der Waals surface area contributed by atoms with Crippen LogP contribution in [-0.2, 0) is 4.74 Å². The summed E-state index contributed by atoms with van der Waals surface area (Å²) in [6.45, 7) is 2.58. The quantitative estimate of drug-likeness (QED) is 0.638. The van der Waals surface area contributed by atoms with E-state index in [-0.39, 0.29) is 19.5 Å². The third-order valence-corrected chi connectivity index (χ3v) is 2.16. The van der Waals surface area contributed by atoms with Gasteiger partial charge in [-0.2, -0.15) is 13.2 Å². The number of methoxy groups -OCH3 is 1. The van der Waals surface area contributed by atoms with Crippen molar-refractivity contribution in [1.29, 1.82) is 0 Å². The highest BCUT2D eigenvalue weighted by Crippen LogP contribution is 2.20. The predicted molar refractivity (Wildman–Crippen MR) is 55.3 cm³/mol. The first kappa shape index (κ1) is 15.7. The maximum Gasteiger partial charge on any atom is 0.389 e. The van der Waals surface area contributed by atoms with Gasteiger partial charge in [0.1, 0.15) is 0 Å². The van der Waals surface area contributed by atoms with Crippen molar-refractivity contribution in [2.24, 2.45) is 0 Å². The molecule has 2 N–H and O–H groups in total. The van der Waals surface area contributed by atoms with Gasteiger partial charge in [0, 0.05) is 33.1 Å². The molecule has 0 aliphatic rings. The second-order valence-corrected chi connectivity index (χ2v) is 4.14. The van der Waals surface area contributed by atoms with Crippen molar-refractivity contribution in [3.05, 3.63) is 0 Å². The van der Waals surface area contributed by atoms with E-state index in [1.807, 2.05) is 0 Å². The van der Waals surface area contributed by atoms with Crippen LogP contribution in [0.2, 0.25) is 0 Å². The van der Waals surface area contributed by atoms with Gasteiger partial charge in [0.25, 0.3) is 0 Å². The molecule has 0 spiro atoms. The zero-order valence-corrected chi connectivity index (χ0v) is 9.73. The van der Waals surface area contributed by atoms with Crippen LogP contribution in [0.5, 0.6) is 0 Å². The van der Waals surface area contributed by atoms with Gasteiger partial charge in [0.15, 0.2) is 0 Å². The van der Waals surface area contributed by atoms with Gasteiger partial charge in [-0.05, 0) is 19.9 Å². The van der Waals surface area contributed by atoms with E-state index in [2.05, 4.69) is 5.32 Å². The fourth-order valence-corrected chi connectivity index (χ4v) is 1.18. The number of hydrogen-bond donors (Lipinski definition) is 2. The highest BCUT2D eigenvalue weighted by atomic mass is 19.4. The van der Waals surface area contributed by atoms with Crippen molar-refractivity contribution in [3.8, 4) is 0 Å². The predicted octanol–water partition coefficient (Wildman–Crippen LogP) is 1.71. The van der Waals surface area contributed by atoms with E-state index in [0.717, 1.165) is 0 Å². The number of aliphatic hydroxyl groups is 1. The van der Waals surface area contributed by atoms with Gasteiger partial charge >= 0.3 is 6.18 Å². The zero-order chi connectivity index (χ0) is 12.7. The highest BCUT2D eigenvalue weighted by Gasteiger charge is 2.26. The lowest BCUT2D eigenvalue weighted by molar-refractivity contribution is -0.135. The molecule has 0 aromatic heterocycles. The van der Waals surface area contributed by atoms with Crippen molar-refractivity contribution in [2.45, 2.75) is 38.0 Å². The average molecular weight is 243 g/mol. The fraction of sp³-hybridized carbons (Fsp3) is 1.00. The number of halogens is 3. The number of alkyl halides is 3. The molecule has 0 aliphatic carbocycles. The molecule has 0 aromatic carbocycles. The molecule has 0 saturated heterocycles. The molecule has 6 heteroatoms. The summed E-state index contributed by atoms with van der Waals surface area (Å²) in [4.78, 5) is 0. The second-order valence-electron chi connectivity index (χ2n) is 4.14. The summed E-state index contributed by atoms with van der Waals surface area (Å²) in [6.07, 6.45) is -4.40. The Kier molecular flexibility index (Phi) is 6.94. The minimum atomic E-state index is -4.10. The van der Waals surface area contributed by atoms with Crippen LogP contribution in [-0.4, -0.2) is 43.7 Å². The summed E-state index contributed by atoms with van der Waals surface area (Å²) in [5.74, 6) is 0. The molecule has 0 aliphatic heterocycles. The van der Waals surface area contributed by atoms with Crippen molar-refractivity contribution in [2.75, 3.05) is 26.8 Å². The van der Waals surface area contributed by atoms with Gasteiger partial charge in [0.05, 0.1) is 5.60 Å². The average Bonchev–Trinajstić information content (AvgIpc) is 2.12. The molecule has 0 bridgehead atoms. The molecule has 0 fully saturated rings. The Balaban J connectivity index is 3.50. The first-order valence-electron chi connectivity index (χ1n) is 5.26. The monoisotopic (exact) mass is 243 g/mol. The molecular formula is C10H20F3NO2. The Hall–Kier alpha value is -0.330. The highest BCUT2D eigenvalue weighted by molar-refractivity contribution is 4.75. The summed E-state index contributed by atoms with van der Waals surface area (Å²) >= 11 is 0. The van der Waals surface area contributed by atoms with Gasteiger partial charge in [0.2, 0.25) is 0 Å². The molecule has 98 valence electrons. The molecule has 0 rings (SSSR count). The molecule has 1 atom stereocenters. The summed E-state index contributed by atoms with van der Waals surface area (Å²) in [5, 5.41) is 12.5. The van der Waals surface area contributed by atoms with E-state index in [4.69, 9.17) is 4.74 Å². The van der Waals surface area contributed by atoms with Gasteiger partial charge in [-0.25, -0.2) is 0 Å². The molecular weight excluding hydrogens is 223 g/mol. The Bertz CT molecular complexity index is 183. The molecule has 1 unspecified atom stereocenters. The number of ether oxygens (including phenoxy) is 1. The van der Waals surface area contributed by atoms with E-state index in [1.54, 1.807) is 6.92 Å². The first-order chi connectivity index (χ1) is 7.27. The second kappa shape index (κ2) is 7.09. The van der Waals surface area contributed by atoms with E-state index >= 15 is 0 Å². The minimum absolute atomic E-state index is 0.0316. The van der Waals surface area contributed by atoms with Crippen LogP contribution in [0.4, 0.5) is 13.2 Å². The molecule has 16 heavy (non-hydrogen) atoms. The lowest BCUT2D eigenvalue weighted by Gasteiger charge is -2.23. The van der Waals surface area contributed by atoms with Gasteiger partial charge in [-0.3, -0.25) is 0 Å². The SMILES string of the molecule is COCCC(C)(O)CNCCCC(F)(F)F. The van der Waals surface area contributed by atoms with Crippen LogP contribution in [0.25, 0.3) is 0 Å². The lowest BCUT2D eigenvalue weighted by atomic mass is 10.0. The smallest absolute Gasteiger partial charge is 0.389 e. The Labute approximate surface area is 94.0 Å². The topological polar surface area (TPSA) is 41.5 Å². The van der Waals surface area contributed by atoms with Crippen molar-refractivity contribution >= 4 is 0 Å². The maximum absolute atomic E-state index is 11.8. The van der Waals surface area contributed by atoms with Crippen LogP contribution >= 0.6 is 0 Å². The van der Waals surface area contributed by atoms with Crippen LogP contribution in [0.3, 0.4) is 0 Å². The lowest BCUT2D eigenvalue weighted by Crippen LogP contribution is -2.39. The van der Waals surface area contributed by atoms with E-state index in [9.17, 15) is 18.3 Å². The molecule has 0 radical (unpaired) electrons. The Morgan fingerprint density at radius 3 is 2.38 bits per heavy atom. The molecule has 0 saturated carbocycles. The van der Waals surface area contributed by atoms with Crippen LogP contribution in [0.15, 0.2) is 0 Å². The fourth-order valence-electron chi connectivity index (χ4n) is 1.18. The molecule has 3 nitrogen and oxygen atoms in total. The standard InChI is InChI=1S/C10H20F3NO2/c1-9(15,5-7-16-2)8-14-6-3-4-10(11,12)13/h14-15H,3-8H2,1-2H3. The van der Waals surface area contributed by atoms with E-state index in [1.165, 1.54) is 7.11 Å². The number of rotatable bonds is 8. The molecule has 0 amide bonds. The third-order valence-electron chi connectivity index (χ3n) is 2.16. The largest absolute Gasteiger partial charge is 0.389 e. The van der Waals surface area contributed by atoms with Gasteiger partial charge < -0.3 is 15.2 Å². The van der Waals surface area contributed by atoms with Crippen LogP contribution in [0.1, 0.15) is 26.2 Å². The Morgan fingerprint density at radius 2 is 1.88 bits per heavy atom. The third kappa shape index (κ3) is 10.2. The normalized spacial score (nSPS) is 16.1. The maximum atomic E-state index is 11.8. The van der Waals surface area contributed by atoms with Crippen molar-refractivity contribution in [3.63, 3.8) is 0 Å². The number of hydrogen-bond acceptors (Lipinski definition) is 3. The molecule has 0 aromatic rings. The van der Waals surface area contributed by atoms with E-state index in [0.29, 0.717) is 13.0 Å². The van der Waals surface area contributed by atoms with Gasteiger partial charge in [-0.15, -0.1) is 0 Å². The summed E-state index contributed by atoms with van der Waals surface area (Å²) in [7, 11) is 1.53. The van der Waals surface area contributed by atoms with Crippen LogP contribution < -0.4 is 5.32 Å². The summed E-state index contributed by atoms with van der Waals surface area (Å²) in [5.41, 5.74) is -0.936. The van der Waals surface area contributed by atoms with Gasteiger partial charge in [-0.1, -0.05) is 0 Å².